The van der Waals surface area contributed by atoms with Crippen LogP contribution in [0.2, 0.25) is 0 Å². The Kier molecular flexibility index (Phi) is 3.36. The van der Waals surface area contributed by atoms with Crippen LogP contribution < -0.4 is 0 Å². The van der Waals surface area contributed by atoms with E-state index in [2.05, 4.69) is 6.92 Å². The first-order chi connectivity index (χ1) is 9.61. The molecule has 0 aromatic heterocycles. The summed E-state index contributed by atoms with van der Waals surface area (Å²) in [5.74, 6) is 0.290. The number of hydrogen-bond donors (Lipinski definition) is 0. The van der Waals surface area contributed by atoms with Crippen LogP contribution in [0.3, 0.4) is 0 Å². The molecule has 0 N–H and O–H groups in total. The number of carbonyl (C=O) groups is 2. The second kappa shape index (κ2) is 5.04. The van der Waals surface area contributed by atoms with Gasteiger partial charge >= 0.3 is 5.97 Å². The molecule has 1 aromatic carbocycles. The van der Waals surface area contributed by atoms with Crippen molar-refractivity contribution in [2.45, 2.75) is 45.1 Å². The number of ether oxygens (including phenoxy) is 1. The zero-order chi connectivity index (χ0) is 14.2. The first kappa shape index (κ1) is 13.3. The summed E-state index contributed by atoms with van der Waals surface area (Å²) in [6, 6.07) is 9.08. The van der Waals surface area contributed by atoms with Crippen LogP contribution in [-0.4, -0.2) is 17.9 Å². The summed E-state index contributed by atoms with van der Waals surface area (Å²) in [7, 11) is 0. The molecule has 0 heterocycles. The molecular weight excluding hydrogens is 252 g/mol. The number of Topliss-reactive ketones (excluding diaryl/α,β-unsaturated/α-hetero) is 1. The number of fused-ring (bicyclic) bond motifs is 1. The molecule has 106 valence electrons. The Hall–Kier alpha value is -1.64. The van der Waals surface area contributed by atoms with E-state index < -0.39 is 0 Å². The molecule has 0 radical (unpaired) electrons. The SMILES string of the molecule is C[C@]12CCC[C@H](OC(=O)c3ccccc3)[C@@H]1CCC2=O. The van der Waals surface area contributed by atoms with Crippen molar-refractivity contribution in [2.24, 2.45) is 11.3 Å². The molecule has 0 unspecified atom stereocenters. The zero-order valence-electron chi connectivity index (χ0n) is 11.8. The highest BCUT2D eigenvalue weighted by molar-refractivity contribution is 5.90. The fraction of sp³-hybridized carbons (Fsp3) is 0.529. The lowest BCUT2D eigenvalue weighted by Crippen LogP contribution is -2.42. The van der Waals surface area contributed by atoms with Gasteiger partial charge in [-0.15, -0.1) is 0 Å². The third-order valence-electron chi connectivity index (χ3n) is 5.04. The Morgan fingerprint density at radius 2 is 2.00 bits per heavy atom. The van der Waals surface area contributed by atoms with Crippen LogP contribution in [0.1, 0.15) is 49.4 Å². The summed E-state index contributed by atoms with van der Waals surface area (Å²) in [5.41, 5.74) is 0.323. The van der Waals surface area contributed by atoms with Crippen LogP contribution in [0.4, 0.5) is 0 Å². The summed E-state index contributed by atoms with van der Waals surface area (Å²) in [6.45, 7) is 2.05. The Bertz CT molecular complexity index is 522. The van der Waals surface area contributed by atoms with Gasteiger partial charge in [0, 0.05) is 17.8 Å². The summed E-state index contributed by atoms with van der Waals surface area (Å²) >= 11 is 0. The van der Waals surface area contributed by atoms with E-state index in [4.69, 9.17) is 4.74 Å². The quantitative estimate of drug-likeness (QED) is 0.775. The molecule has 0 spiro atoms. The minimum absolute atomic E-state index is 0.104. The molecule has 20 heavy (non-hydrogen) atoms. The van der Waals surface area contributed by atoms with Gasteiger partial charge in [-0.3, -0.25) is 4.79 Å². The number of carbonyl (C=O) groups excluding carboxylic acids is 2. The van der Waals surface area contributed by atoms with Crippen LogP contribution in [0.15, 0.2) is 30.3 Å². The van der Waals surface area contributed by atoms with E-state index >= 15 is 0 Å². The van der Waals surface area contributed by atoms with E-state index in [-0.39, 0.29) is 23.4 Å². The molecular formula is C17H20O3. The van der Waals surface area contributed by atoms with Crippen LogP contribution in [0.25, 0.3) is 0 Å². The first-order valence-corrected chi connectivity index (χ1v) is 7.40. The fourth-order valence-corrected chi connectivity index (χ4v) is 3.81. The number of benzene rings is 1. The molecule has 3 heteroatoms. The first-order valence-electron chi connectivity index (χ1n) is 7.40. The second-order valence-corrected chi connectivity index (χ2v) is 6.19. The third-order valence-corrected chi connectivity index (χ3v) is 5.04. The lowest BCUT2D eigenvalue weighted by molar-refractivity contribution is -0.130. The van der Waals surface area contributed by atoms with Crippen LogP contribution in [-0.2, 0) is 9.53 Å². The molecule has 0 aliphatic heterocycles. The summed E-state index contributed by atoms with van der Waals surface area (Å²) in [5, 5.41) is 0. The number of ketones is 1. The minimum atomic E-state index is -0.265. The van der Waals surface area contributed by atoms with Gasteiger partial charge in [-0.2, -0.15) is 0 Å². The standard InChI is InChI=1S/C17H20O3/c1-17-11-5-8-14(13(17)9-10-15(17)18)20-16(19)12-6-3-2-4-7-12/h2-4,6-7,13-14H,5,8-11H2,1H3/t13-,14-,17-/m0/s1. The Labute approximate surface area is 119 Å². The molecule has 3 atom stereocenters. The monoisotopic (exact) mass is 272 g/mol. The smallest absolute Gasteiger partial charge is 0.338 e. The molecule has 1 aromatic rings. The van der Waals surface area contributed by atoms with Crippen molar-refractivity contribution < 1.29 is 14.3 Å². The van der Waals surface area contributed by atoms with Crippen molar-refractivity contribution in [1.82, 2.24) is 0 Å². The van der Waals surface area contributed by atoms with Crippen LogP contribution in [0.5, 0.6) is 0 Å². The van der Waals surface area contributed by atoms with E-state index in [1.165, 1.54) is 0 Å². The fourth-order valence-electron chi connectivity index (χ4n) is 3.81. The zero-order valence-corrected chi connectivity index (χ0v) is 11.8. The number of esters is 1. The molecule has 3 nitrogen and oxygen atoms in total. The predicted octanol–water partition coefficient (Wildman–Crippen LogP) is 3.38. The van der Waals surface area contributed by atoms with Gasteiger partial charge in [0.25, 0.3) is 0 Å². The van der Waals surface area contributed by atoms with Crippen LogP contribution >= 0.6 is 0 Å². The summed E-state index contributed by atoms with van der Waals surface area (Å²) in [6.07, 6.45) is 4.18. The highest BCUT2D eigenvalue weighted by Gasteiger charge is 2.52. The lowest BCUT2D eigenvalue weighted by atomic mass is 9.68. The van der Waals surface area contributed by atoms with Gasteiger partial charge in [-0.1, -0.05) is 25.1 Å². The van der Waals surface area contributed by atoms with Gasteiger partial charge in [-0.25, -0.2) is 4.79 Å². The molecule has 2 saturated carbocycles. The van der Waals surface area contributed by atoms with Crippen molar-refractivity contribution in [3.63, 3.8) is 0 Å². The van der Waals surface area contributed by atoms with E-state index in [9.17, 15) is 9.59 Å². The molecule has 0 saturated heterocycles. The van der Waals surface area contributed by atoms with Crippen molar-refractivity contribution >= 4 is 11.8 Å². The van der Waals surface area contributed by atoms with Gasteiger partial charge in [0.05, 0.1) is 5.56 Å². The van der Waals surface area contributed by atoms with Crippen LogP contribution in [0, 0.1) is 11.3 Å². The second-order valence-electron chi connectivity index (χ2n) is 6.19. The largest absolute Gasteiger partial charge is 0.458 e. The highest BCUT2D eigenvalue weighted by Crippen LogP contribution is 2.50. The van der Waals surface area contributed by atoms with Crippen molar-refractivity contribution in [3.05, 3.63) is 35.9 Å². The third kappa shape index (κ3) is 2.15. The maximum atomic E-state index is 12.2. The van der Waals surface area contributed by atoms with Gasteiger partial charge in [0.1, 0.15) is 11.9 Å². The average Bonchev–Trinajstić information content (AvgIpc) is 2.77. The van der Waals surface area contributed by atoms with E-state index in [0.29, 0.717) is 17.8 Å². The van der Waals surface area contributed by atoms with Crippen molar-refractivity contribution in [1.29, 1.82) is 0 Å². The molecule has 2 fully saturated rings. The maximum absolute atomic E-state index is 12.2. The topological polar surface area (TPSA) is 43.4 Å². The average molecular weight is 272 g/mol. The number of hydrogen-bond acceptors (Lipinski definition) is 3. The Balaban J connectivity index is 1.75. The van der Waals surface area contributed by atoms with Crippen molar-refractivity contribution in [3.8, 4) is 0 Å². The molecule has 0 bridgehead atoms. The Morgan fingerprint density at radius 3 is 2.75 bits per heavy atom. The normalized spacial score (nSPS) is 32.8. The van der Waals surface area contributed by atoms with Gasteiger partial charge in [0.2, 0.25) is 0 Å². The molecule has 3 rings (SSSR count). The van der Waals surface area contributed by atoms with Gasteiger partial charge < -0.3 is 4.74 Å². The summed E-state index contributed by atoms with van der Waals surface area (Å²) < 4.78 is 5.71. The maximum Gasteiger partial charge on any atom is 0.338 e. The molecule has 2 aliphatic rings. The predicted molar refractivity (Wildman–Crippen MR) is 75.3 cm³/mol. The van der Waals surface area contributed by atoms with E-state index in [1.807, 2.05) is 18.2 Å². The molecule has 2 aliphatic carbocycles. The Morgan fingerprint density at radius 1 is 1.25 bits per heavy atom. The summed E-state index contributed by atoms with van der Waals surface area (Å²) in [4.78, 5) is 24.3. The molecule has 0 amide bonds. The van der Waals surface area contributed by atoms with E-state index in [0.717, 1.165) is 25.7 Å². The number of rotatable bonds is 2. The minimum Gasteiger partial charge on any atom is -0.458 e. The van der Waals surface area contributed by atoms with Gasteiger partial charge in [-0.05, 0) is 37.8 Å². The van der Waals surface area contributed by atoms with Crippen molar-refractivity contribution in [2.75, 3.05) is 0 Å². The van der Waals surface area contributed by atoms with E-state index in [1.54, 1.807) is 12.1 Å². The van der Waals surface area contributed by atoms with Gasteiger partial charge in [0.15, 0.2) is 0 Å². The highest BCUT2D eigenvalue weighted by atomic mass is 16.5. The lowest BCUT2D eigenvalue weighted by Gasteiger charge is -2.39.